The molecule has 0 saturated heterocycles. The molecule has 268 valence electrons. The molecule has 0 bridgehead atoms. The van der Waals surface area contributed by atoms with Crippen LogP contribution in [0.1, 0.15) is 41.7 Å². The summed E-state index contributed by atoms with van der Waals surface area (Å²) in [4.78, 5) is 0. The van der Waals surface area contributed by atoms with Gasteiger partial charge in [-0.25, -0.2) is 0 Å². The van der Waals surface area contributed by atoms with Gasteiger partial charge in [-0.3, -0.25) is 0 Å². The van der Waals surface area contributed by atoms with Gasteiger partial charge in [0.2, 0.25) is 0 Å². The highest BCUT2D eigenvalue weighted by Crippen LogP contribution is 2.50. The second-order valence-electron chi connectivity index (χ2n) is 16.5. The number of hydrogen-bond acceptors (Lipinski definition) is 0. The van der Waals surface area contributed by atoms with Gasteiger partial charge in [-0.2, -0.15) is 0 Å². The fourth-order valence-corrected chi connectivity index (χ4v) is 9.55. The van der Waals surface area contributed by atoms with Crippen LogP contribution < -0.4 is 0 Å². The Kier molecular flexibility index (Phi) is 6.98. The normalized spacial score (nSPS) is 13.2. The summed E-state index contributed by atoms with van der Waals surface area (Å²) in [5.41, 5.74) is 21.5. The van der Waals surface area contributed by atoms with Gasteiger partial charge in [-0.15, -0.1) is 0 Å². The number of rotatable bonds is 4. The van der Waals surface area contributed by atoms with E-state index in [0.29, 0.717) is 0 Å². The van der Waals surface area contributed by atoms with Crippen molar-refractivity contribution in [1.82, 2.24) is 9.13 Å². The molecule has 1 aliphatic carbocycles. The van der Waals surface area contributed by atoms with Gasteiger partial charge in [0.1, 0.15) is 0 Å². The molecule has 11 rings (SSSR count). The van der Waals surface area contributed by atoms with Crippen LogP contribution in [0, 0.1) is 20.8 Å². The van der Waals surface area contributed by atoms with Crippen LogP contribution >= 0.6 is 0 Å². The minimum atomic E-state index is -0.0395. The summed E-state index contributed by atoms with van der Waals surface area (Å²) in [6.45, 7) is 11.3. The Morgan fingerprint density at radius 1 is 0.339 bits per heavy atom. The van der Waals surface area contributed by atoms with Gasteiger partial charge in [0, 0.05) is 38.3 Å². The molecule has 0 saturated carbocycles. The molecular formula is C54H42N2. The quantitative estimate of drug-likeness (QED) is 0.171. The topological polar surface area (TPSA) is 9.86 Å². The Hall–Kier alpha value is -6.64. The van der Waals surface area contributed by atoms with Crippen molar-refractivity contribution in [2.45, 2.75) is 40.0 Å². The van der Waals surface area contributed by atoms with Crippen LogP contribution in [0.2, 0.25) is 0 Å². The summed E-state index contributed by atoms with van der Waals surface area (Å²) in [5, 5.41) is 5.10. The summed E-state index contributed by atoms with van der Waals surface area (Å²) in [6.07, 6.45) is 0. The van der Waals surface area contributed by atoms with Crippen LogP contribution in [-0.2, 0) is 5.41 Å². The monoisotopic (exact) mass is 718 g/mol. The number of hydrogen-bond donors (Lipinski definition) is 0. The zero-order valence-corrected chi connectivity index (χ0v) is 32.5. The van der Waals surface area contributed by atoms with E-state index in [-0.39, 0.29) is 5.41 Å². The van der Waals surface area contributed by atoms with E-state index in [2.05, 4.69) is 208 Å². The number of benzene rings is 8. The molecule has 2 heterocycles. The maximum absolute atomic E-state index is 2.44. The number of aryl methyl sites for hydroxylation is 3. The molecule has 56 heavy (non-hydrogen) atoms. The molecule has 2 aromatic heterocycles. The summed E-state index contributed by atoms with van der Waals surface area (Å²) >= 11 is 0. The third kappa shape index (κ3) is 4.82. The van der Waals surface area contributed by atoms with E-state index >= 15 is 0 Å². The molecule has 0 amide bonds. The molecule has 0 aliphatic heterocycles. The van der Waals surface area contributed by atoms with Gasteiger partial charge in [-0.05, 0) is 138 Å². The first-order valence-electron chi connectivity index (χ1n) is 19.8. The van der Waals surface area contributed by atoms with Crippen molar-refractivity contribution in [1.29, 1.82) is 0 Å². The van der Waals surface area contributed by atoms with Gasteiger partial charge >= 0.3 is 0 Å². The largest absolute Gasteiger partial charge is 0.309 e. The minimum absolute atomic E-state index is 0.0395. The molecule has 2 heteroatoms. The average Bonchev–Trinajstić information content (AvgIpc) is 3.80. The third-order valence-corrected chi connectivity index (χ3v) is 12.5. The molecule has 2 nitrogen and oxygen atoms in total. The van der Waals surface area contributed by atoms with Crippen molar-refractivity contribution in [3.05, 3.63) is 192 Å². The maximum atomic E-state index is 2.44. The van der Waals surface area contributed by atoms with E-state index < -0.39 is 0 Å². The fourth-order valence-electron chi connectivity index (χ4n) is 9.55. The molecule has 0 radical (unpaired) electrons. The first kappa shape index (κ1) is 32.8. The minimum Gasteiger partial charge on any atom is -0.309 e. The van der Waals surface area contributed by atoms with Crippen molar-refractivity contribution in [2.24, 2.45) is 0 Å². The standard InChI is InChI=1S/C54H42N2/c1-33-10-19-40(20-11-33)55-50-9-7-6-8-44(50)46-30-37(17-26-52(46)55)36-14-21-41(22-15-36)56-51-25-13-34(2)28-45(51)47-31-38(18-27-53(47)56)39-16-24-43-42-23-12-35(3)29-48(42)54(4,5)49(43)32-39/h6-32H,1-5H3. The molecule has 8 aromatic carbocycles. The molecule has 1 aliphatic rings. The van der Waals surface area contributed by atoms with E-state index in [9.17, 15) is 0 Å². The number of fused-ring (bicyclic) bond motifs is 9. The first-order valence-corrected chi connectivity index (χ1v) is 19.8. The zero-order valence-electron chi connectivity index (χ0n) is 32.5. The van der Waals surface area contributed by atoms with Crippen molar-refractivity contribution < 1.29 is 0 Å². The molecule has 0 atom stereocenters. The SMILES string of the molecule is Cc1ccc(-n2c3ccccc3c3cc(-c4ccc(-n5c6ccc(C)cc6c6cc(-c7ccc8c(c7)C(C)(C)c7cc(C)ccc7-8)ccc65)cc4)ccc32)cc1. The third-order valence-electron chi connectivity index (χ3n) is 12.5. The van der Waals surface area contributed by atoms with E-state index in [4.69, 9.17) is 0 Å². The highest BCUT2D eigenvalue weighted by molar-refractivity contribution is 6.12. The van der Waals surface area contributed by atoms with Crippen molar-refractivity contribution in [3.8, 4) is 44.8 Å². The Balaban J connectivity index is 0.994. The van der Waals surface area contributed by atoms with Gasteiger partial charge in [0.15, 0.2) is 0 Å². The Bertz CT molecular complexity index is 3220. The van der Waals surface area contributed by atoms with Gasteiger partial charge < -0.3 is 9.13 Å². The Morgan fingerprint density at radius 2 is 0.768 bits per heavy atom. The fraction of sp³-hybridized carbons (Fsp3) is 0.111. The number of para-hydroxylation sites is 1. The summed E-state index contributed by atoms with van der Waals surface area (Å²) in [6, 6.07) is 61.5. The van der Waals surface area contributed by atoms with Crippen LogP contribution in [0.25, 0.3) is 88.4 Å². The molecule has 0 fully saturated rings. The second kappa shape index (κ2) is 11.9. The van der Waals surface area contributed by atoms with Crippen LogP contribution in [0.4, 0.5) is 0 Å². The van der Waals surface area contributed by atoms with Crippen molar-refractivity contribution in [3.63, 3.8) is 0 Å². The Labute approximate surface area is 327 Å². The van der Waals surface area contributed by atoms with Crippen LogP contribution in [-0.4, -0.2) is 9.13 Å². The van der Waals surface area contributed by atoms with Crippen molar-refractivity contribution >= 4 is 43.6 Å². The second-order valence-corrected chi connectivity index (χ2v) is 16.5. The lowest BCUT2D eigenvalue weighted by atomic mass is 9.81. The van der Waals surface area contributed by atoms with Gasteiger partial charge in [-0.1, -0.05) is 122 Å². The predicted octanol–water partition coefficient (Wildman–Crippen LogP) is 14.4. The van der Waals surface area contributed by atoms with Crippen molar-refractivity contribution in [2.75, 3.05) is 0 Å². The van der Waals surface area contributed by atoms with E-state index in [1.807, 2.05) is 0 Å². The lowest BCUT2D eigenvalue weighted by Crippen LogP contribution is -2.15. The number of aromatic nitrogens is 2. The highest BCUT2D eigenvalue weighted by Gasteiger charge is 2.35. The summed E-state index contributed by atoms with van der Waals surface area (Å²) < 4.78 is 4.82. The lowest BCUT2D eigenvalue weighted by Gasteiger charge is -2.22. The first-order chi connectivity index (χ1) is 27.2. The molecule has 0 spiro atoms. The summed E-state index contributed by atoms with van der Waals surface area (Å²) in [5.74, 6) is 0. The maximum Gasteiger partial charge on any atom is 0.0541 e. The Morgan fingerprint density at radius 3 is 1.46 bits per heavy atom. The van der Waals surface area contributed by atoms with Gasteiger partial charge in [0.25, 0.3) is 0 Å². The van der Waals surface area contributed by atoms with Gasteiger partial charge in [0.05, 0.1) is 22.1 Å². The van der Waals surface area contributed by atoms with E-state index in [0.717, 1.165) is 5.69 Å². The van der Waals surface area contributed by atoms with Crippen LogP contribution in [0.3, 0.4) is 0 Å². The van der Waals surface area contributed by atoms with E-state index in [1.54, 1.807) is 0 Å². The molecular weight excluding hydrogens is 677 g/mol. The van der Waals surface area contributed by atoms with Crippen LogP contribution in [0.5, 0.6) is 0 Å². The predicted molar refractivity (Wildman–Crippen MR) is 238 cm³/mol. The molecule has 0 N–H and O–H groups in total. The highest BCUT2D eigenvalue weighted by atomic mass is 15.0. The molecule has 0 unspecified atom stereocenters. The van der Waals surface area contributed by atoms with E-state index in [1.165, 1.54) is 110 Å². The summed E-state index contributed by atoms with van der Waals surface area (Å²) in [7, 11) is 0. The van der Waals surface area contributed by atoms with Crippen LogP contribution in [0.15, 0.2) is 164 Å². The zero-order chi connectivity index (χ0) is 37.9. The molecule has 10 aromatic rings. The average molecular weight is 719 g/mol. The lowest BCUT2D eigenvalue weighted by molar-refractivity contribution is 0.660. The number of nitrogens with zero attached hydrogens (tertiary/aromatic N) is 2. The smallest absolute Gasteiger partial charge is 0.0541 e.